The first-order valence-corrected chi connectivity index (χ1v) is 5.21. The minimum Gasteiger partial charge on any atom is -0.235 e. The van der Waals surface area contributed by atoms with Crippen molar-refractivity contribution in [2.24, 2.45) is 0 Å². The molecule has 0 spiro atoms. The van der Waals surface area contributed by atoms with Gasteiger partial charge in [0.05, 0.1) is 10.5 Å². The predicted molar refractivity (Wildman–Crippen MR) is 61.1 cm³/mol. The van der Waals surface area contributed by atoms with Crippen molar-refractivity contribution >= 4 is 34.1 Å². The summed E-state index contributed by atoms with van der Waals surface area (Å²) in [5, 5.41) is 1.90. The number of hydrogen-bond donors (Lipinski definition) is 0. The van der Waals surface area contributed by atoms with Gasteiger partial charge in [-0.2, -0.15) is 0 Å². The molecule has 0 aliphatic heterocycles. The van der Waals surface area contributed by atoms with E-state index in [4.69, 9.17) is 23.2 Å². The smallest absolute Gasteiger partial charge is 0.148 e. The number of hydrogen-bond acceptors (Lipinski definition) is 1. The lowest BCUT2D eigenvalue weighted by molar-refractivity contribution is 1.14. The van der Waals surface area contributed by atoms with Crippen molar-refractivity contribution in [2.45, 2.75) is 13.3 Å². The predicted octanol–water partition coefficient (Wildman–Crippen LogP) is 4.10. The third-order valence-electron chi connectivity index (χ3n) is 2.20. The summed E-state index contributed by atoms with van der Waals surface area (Å²) in [7, 11) is 0. The van der Waals surface area contributed by atoms with Gasteiger partial charge in [-0.1, -0.05) is 42.3 Å². The first kappa shape index (κ1) is 9.75. The van der Waals surface area contributed by atoms with Crippen LogP contribution in [0.25, 0.3) is 10.9 Å². The van der Waals surface area contributed by atoms with Crippen molar-refractivity contribution in [1.82, 2.24) is 4.98 Å². The van der Waals surface area contributed by atoms with Gasteiger partial charge in [-0.3, -0.25) is 0 Å². The van der Waals surface area contributed by atoms with Gasteiger partial charge < -0.3 is 0 Å². The average molecular weight is 226 g/mol. The lowest BCUT2D eigenvalue weighted by Crippen LogP contribution is -1.84. The molecule has 2 rings (SSSR count). The van der Waals surface area contributed by atoms with E-state index >= 15 is 0 Å². The Labute approximate surface area is 92.7 Å². The summed E-state index contributed by atoms with van der Waals surface area (Å²) in [6, 6.07) is 7.97. The van der Waals surface area contributed by atoms with Crippen molar-refractivity contribution in [3.63, 3.8) is 0 Å². The normalized spacial score (nSPS) is 10.8. The number of nitrogens with zero attached hydrogens (tertiary/aromatic N) is 1. The number of halogens is 2. The van der Waals surface area contributed by atoms with E-state index < -0.39 is 0 Å². The van der Waals surface area contributed by atoms with Crippen LogP contribution in [0, 0.1) is 0 Å². The van der Waals surface area contributed by atoms with E-state index in [0.717, 1.165) is 17.3 Å². The zero-order valence-electron chi connectivity index (χ0n) is 7.72. The Morgan fingerprint density at radius 2 is 2.00 bits per heavy atom. The van der Waals surface area contributed by atoms with Crippen LogP contribution >= 0.6 is 23.2 Å². The molecule has 0 unspecified atom stereocenters. The maximum absolute atomic E-state index is 5.87. The second-order valence-corrected chi connectivity index (χ2v) is 3.91. The SMILES string of the molecule is CCc1ccc2cc(Cl)c(Cl)nc2c1. The molecule has 1 heterocycles. The van der Waals surface area contributed by atoms with Crippen LogP contribution in [-0.4, -0.2) is 4.98 Å². The number of aromatic nitrogens is 1. The van der Waals surface area contributed by atoms with Crippen molar-refractivity contribution in [3.8, 4) is 0 Å². The highest BCUT2D eigenvalue weighted by molar-refractivity contribution is 6.41. The van der Waals surface area contributed by atoms with Gasteiger partial charge in [-0.05, 0) is 24.1 Å². The summed E-state index contributed by atoms with van der Waals surface area (Å²) in [5.41, 5.74) is 2.15. The summed E-state index contributed by atoms with van der Waals surface area (Å²) in [4.78, 5) is 4.22. The van der Waals surface area contributed by atoms with E-state index in [1.54, 1.807) is 0 Å². The molecular formula is C11H9Cl2N. The van der Waals surface area contributed by atoms with E-state index in [1.165, 1.54) is 5.56 Å². The molecule has 0 aliphatic carbocycles. The largest absolute Gasteiger partial charge is 0.235 e. The Hall–Kier alpha value is -0.790. The van der Waals surface area contributed by atoms with Crippen LogP contribution in [-0.2, 0) is 6.42 Å². The van der Waals surface area contributed by atoms with Crippen LogP contribution in [0.1, 0.15) is 12.5 Å². The van der Waals surface area contributed by atoms with E-state index in [2.05, 4.69) is 18.0 Å². The van der Waals surface area contributed by atoms with Crippen molar-refractivity contribution in [1.29, 1.82) is 0 Å². The molecule has 0 aliphatic rings. The summed E-state index contributed by atoms with van der Waals surface area (Å²) in [6.07, 6.45) is 0.998. The topological polar surface area (TPSA) is 12.9 Å². The molecule has 0 radical (unpaired) electrons. The number of pyridine rings is 1. The number of rotatable bonds is 1. The molecule has 3 heteroatoms. The summed E-state index contributed by atoms with van der Waals surface area (Å²) in [5.74, 6) is 0. The second kappa shape index (κ2) is 3.76. The molecule has 72 valence electrons. The van der Waals surface area contributed by atoms with Crippen molar-refractivity contribution in [2.75, 3.05) is 0 Å². The summed E-state index contributed by atoms with van der Waals surface area (Å²) >= 11 is 11.7. The molecule has 14 heavy (non-hydrogen) atoms. The lowest BCUT2D eigenvalue weighted by Gasteiger charge is -2.02. The summed E-state index contributed by atoms with van der Waals surface area (Å²) < 4.78 is 0. The highest BCUT2D eigenvalue weighted by atomic mass is 35.5. The molecule has 0 fully saturated rings. The molecule has 0 N–H and O–H groups in total. The summed E-state index contributed by atoms with van der Waals surface area (Å²) in [6.45, 7) is 2.11. The van der Waals surface area contributed by atoms with Gasteiger partial charge in [0.2, 0.25) is 0 Å². The fraction of sp³-hybridized carbons (Fsp3) is 0.182. The van der Waals surface area contributed by atoms with Crippen LogP contribution in [0.15, 0.2) is 24.3 Å². The quantitative estimate of drug-likeness (QED) is 0.667. The van der Waals surface area contributed by atoms with Gasteiger partial charge in [0.15, 0.2) is 0 Å². The number of fused-ring (bicyclic) bond motifs is 1. The third kappa shape index (κ3) is 1.70. The zero-order chi connectivity index (χ0) is 10.1. The molecule has 0 bridgehead atoms. The highest BCUT2D eigenvalue weighted by Gasteiger charge is 2.02. The van der Waals surface area contributed by atoms with Crippen LogP contribution in [0.5, 0.6) is 0 Å². The van der Waals surface area contributed by atoms with Gasteiger partial charge in [0.1, 0.15) is 5.15 Å². The lowest BCUT2D eigenvalue weighted by atomic mass is 10.1. The molecule has 0 amide bonds. The van der Waals surface area contributed by atoms with Gasteiger partial charge in [-0.25, -0.2) is 4.98 Å². The number of benzene rings is 1. The Kier molecular flexibility index (Phi) is 2.62. The minimum atomic E-state index is 0.368. The first-order chi connectivity index (χ1) is 6.70. The molecule has 0 saturated carbocycles. The van der Waals surface area contributed by atoms with E-state index in [-0.39, 0.29) is 0 Å². The first-order valence-electron chi connectivity index (χ1n) is 4.45. The fourth-order valence-electron chi connectivity index (χ4n) is 1.38. The molecule has 0 atom stereocenters. The molecule has 0 saturated heterocycles. The Bertz CT molecular complexity index is 480. The Balaban J connectivity index is 2.70. The van der Waals surface area contributed by atoms with Gasteiger partial charge >= 0.3 is 0 Å². The monoisotopic (exact) mass is 225 g/mol. The van der Waals surface area contributed by atoms with Crippen molar-refractivity contribution in [3.05, 3.63) is 40.0 Å². The molecular weight excluding hydrogens is 217 g/mol. The maximum atomic E-state index is 5.87. The Morgan fingerprint density at radius 1 is 1.21 bits per heavy atom. The fourth-order valence-corrected chi connectivity index (χ4v) is 1.69. The highest BCUT2D eigenvalue weighted by Crippen LogP contribution is 2.25. The molecule has 2 aromatic rings. The van der Waals surface area contributed by atoms with E-state index in [9.17, 15) is 0 Å². The van der Waals surface area contributed by atoms with Crippen LogP contribution in [0.4, 0.5) is 0 Å². The molecule has 1 aromatic carbocycles. The van der Waals surface area contributed by atoms with E-state index in [1.807, 2.05) is 18.2 Å². The van der Waals surface area contributed by atoms with Gasteiger partial charge in [0.25, 0.3) is 0 Å². The third-order valence-corrected chi connectivity index (χ3v) is 2.87. The zero-order valence-corrected chi connectivity index (χ0v) is 9.23. The van der Waals surface area contributed by atoms with Crippen LogP contribution < -0.4 is 0 Å². The number of aryl methyl sites for hydroxylation is 1. The average Bonchev–Trinajstić information content (AvgIpc) is 2.19. The second-order valence-electron chi connectivity index (χ2n) is 3.14. The molecule has 1 nitrogen and oxygen atoms in total. The standard InChI is InChI=1S/C11H9Cl2N/c1-2-7-3-4-8-6-9(12)11(13)14-10(8)5-7/h3-6H,2H2,1H3. The van der Waals surface area contributed by atoms with Gasteiger partial charge in [0, 0.05) is 5.39 Å². The van der Waals surface area contributed by atoms with Crippen LogP contribution in [0.3, 0.4) is 0 Å². The Morgan fingerprint density at radius 3 is 2.71 bits per heavy atom. The minimum absolute atomic E-state index is 0.368. The van der Waals surface area contributed by atoms with Gasteiger partial charge in [-0.15, -0.1) is 0 Å². The maximum Gasteiger partial charge on any atom is 0.148 e. The van der Waals surface area contributed by atoms with Crippen LogP contribution in [0.2, 0.25) is 10.2 Å². The van der Waals surface area contributed by atoms with E-state index in [0.29, 0.717) is 10.2 Å². The van der Waals surface area contributed by atoms with Crippen molar-refractivity contribution < 1.29 is 0 Å². The molecule has 1 aromatic heterocycles.